The number of anilines is 2. The van der Waals surface area contributed by atoms with Crippen LogP contribution in [0.5, 0.6) is 0 Å². The Balaban J connectivity index is 2.27. The SMILES string of the molecule is CCNc1cnccc1C(=O)Nc1ccccc1C(C)C. The van der Waals surface area contributed by atoms with Gasteiger partial charge in [0.25, 0.3) is 5.91 Å². The summed E-state index contributed by atoms with van der Waals surface area (Å²) < 4.78 is 0. The van der Waals surface area contributed by atoms with Gasteiger partial charge in [0.05, 0.1) is 17.4 Å². The predicted octanol–water partition coefficient (Wildman–Crippen LogP) is 3.89. The highest BCUT2D eigenvalue weighted by molar-refractivity contribution is 6.08. The van der Waals surface area contributed by atoms with E-state index in [1.165, 1.54) is 0 Å². The summed E-state index contributed by atoms with van der Waals surface area (Å²) in [6.07, 6.45) is 3.30. The van der Waals surface area contributed by atoms with Gasteiger partial charge in [-0.15, -0.1) is 0 Å². The Bertz CT molecular complexity index is 623. The van der Waals surface area contributed by atoms with Crippen LogP contribution in [0.3, 0.4) is 0 Å². The molecule has 0 radical (unpaired) electrons. The molecule has 4 nitrogen and oxygen atoms in total. The number of hydrogen-bond acceptors (Lipinski definition) is 3. The molecule has 0 aliphatic heterocycles. The van der Waals surface area contributed by atoms with Crippen LogP contribution in [0.2, 0.25) is 0 Å². The summed E-state index contributed by atoms with van der Waals surface area (Å²) in [5, 5.41) is 6.16. The second-order valence-electron chi connectivity index (χ2n) is 5.15. The third-order valence-corrected chi connectivity index (χ3v) is 3.26. The van der Waals surface area contributed by atoms with Crippen molar-refractivity contribution < 1.29 is 4.79 Å². The van der Waals surface area contributed by atoms with Crippen LogP contribution in [0.15, 0.2) is 42.7 Å². The number of para-hydroxylation sites is 1. The summed E-state index contributed by atoms with van der Waals surface area (Å²) in [7, 11) is 0. The standard InChI is InChI=1S/C17H21N3O/c1-4-19-16-11-18-10-9-14(16)17(21)20-15-8-6-5-7-13(15)12(2)3/h5-12,19H,4H2,1-3H3,(H,20,21). The molecule has 0 bridgehead atoms. The van der Waals surface area contributed by atoms with Crippen molar-refractivity contribution in [3.63, 3.8) is 0 Å². The normalized spacial score (nSPS) is 10.5. The lowest BCUT2D eigenvalue weighted by Gasteiger charge is -2.15. The molecule has 110 valence electrons. The number of hydrogen-bond donors (Lipinski definition) is 2. The summed E-state index contributed by atoms with van der Waals surface area (Å²) in [6, 6.07) is 9.62. The fraction of sp³-hybridized carbons (Fsp3) is 0.294. The second-order valence-corrected chi connectivity index (χ2v) is 5.15. The molecule has 0 saturated carbocycles. The predicted molar refractivity (Wildman–Crippen MR) is 86.9 cm³/mol. The summed E-state index contributed by atoms with van der Waals surface area (Å²) in [5.41, 5.74) is 3.34. The number of rotatable bonds is 5. The van der Waals surface area contributed by atoms with Gasteiger partial charge in [0.15, 0.2) is 0 Å². The smallest absolute Gasteiger partial charge is 0.257 e. The molecule has 1 heterocycles. The molecule has 2 aromatic rings. The highest BCUT2D eigenvalue weighted by Crippen LogP contribution is 2.25. The minimum atomic E-state index is -0.124. The molecule has 4 heteroatoms. The molecule has 0 aliphatic carbocycles. The van der Waals surface area contributed by atoms with Crippen molar-refractivity contribution in [2.24, 2.45) is 0 Å². The van der Waals surface area contributed by atoms with Crippen molar-refractivity contribution in [2.45, 2.75) is 26.7 Å². The molecule has 2 rings (SSSR count). The van der Waals surface area contributed by atoms with Gasteiger partial charge in [0.2, 0.25) is 0 Å². The lowest BCUT2D eigenvalue weighted by atomic mass is 10.0. The number of aromatic nitrogens is 1. The molecular formula is C17H21N3O. The molecule has 0 fully saturated rings. The first kappa shape index (κ1) is 15.0. The van der Waals surface area contributed by atoms with Gasteiger partial charge in [-0.1, -0.05) is 32.0 Å². The van der Waals surface area contributed by atoms with Crippen molar-refractivity contribution in [1.29, 1.82) is 0 Å². The fourth-order valence-corrected chi connectivity index (χ4v) is 2.23. The van der Waals surface area contributed by atoms with E-state index in [9.17, 15) is 4.79 Å². The van der Waals surface area contributed by atoms with Crippen molar-refractivity contribution in [2.75, 3.05) is 17.2 Å². The van der Waals surface area contributed by atoms with Crippen LogP contribution >= 0.6 is 0 Å². The van der Waals surface area contributed by atoms with Crippen molar-refractivity contribution in [3.05, 3.63) is 53.9 Å². The van der Waals surface area contributed by atoms with Gasteiger partial charge in [-0.2, -0.15) is 0 Å². The van der Waals surface area contributed by atoms with E-state index in [0.29, 0.717) is 11.5 Å². The fourth-order valence-electron chi connectivity index (χ4n) is 2.23. The molecule has 0 saturated heterocycles. The van der Waals surface area contributed by atoms with E-state index in [0.717, 1.165) is 23.5 Å². The zero-order valence-electron chi connectivity index (χ0n) is 12.7. The van der Waals surface area contributed by atoms with Crippen LogP contribution in [-0.2, 0) is 0 Å². The summed E-state index contributed by atoms with van der Waals surface area (Å²) in [5.74, 6) is 0.230. The summed E-state index contributed by atoms with van der Waals surface area (Å²) in [6.45, 7) is 6.96. The Morgan fingerprint density at radius 3 is 2.67 bits per heavy atom. The van der Waals surface area contributed by atoms with Crippen molar-refractivity contribution in [3.8, 4) is 0 Å². The molecule has 1 aromatic heterocycles. The largest absolute Gasteiger partial charge is 0.383 e. The molecule has 21 heavy (non-hydrogen) atoms. The number of pyridine rings is 1. The van der Waals surface area contributed by atoms with Crippen LogP contribution in [0.1, 0.15) is 42.6 Å². The Labute approximate surface area is 125 Å². The van der Waals surface area contributed by atoms with Crippen molar-refractivity contribution in [1.82, 2.24) is 4.98 Å². The zero-order valence-corrected chi connectivity index (χ0v) is 12.7. The molecule has 0 atom stereocenters. The monoisotopic (exact) mass is 283 g/mol. The molecular weight excluding hydrogens is 262 g/mol. The van der Waals surface area contributed by atoms with E-state index in [4.69, 9.17) is 0 Å². The lowest BCUT2D eigenvalue weighted by Crippen LogP contribution is -2.16. The number of carbonyl (C=O) groups is 1. The number of nitrogens with zero attached hydrogens (tertiary/aromatic N) is 1. The van der Waals surface area contributed by atoms with Crippen molar-refractivity contribution >= 4 is 17.3 Å². The van der Waals surface area contributed by atoms with E-state index in [2.05, 4.69) is 29.5 Å². The summed E-state index contributed by atoms with van der Waals surface area (Å²) >= 11 is 0. The highest BCUT2D eigenvalue weighted by atomic mass is 16.1. The van der Waals surface area contributed by atoms with Gasteiger partial charge in [-0.05, 0) is 30.5 Å². The Morgan fingerprint density at radius 1 is 1.19 bits per heavy atom. The highest BCUT2D eigenvalue weighted by Gasteiger charge is 2.13. The van der Waals surface area contributed by atoms with Gasteiger partial charge in [0.1, 0.15) is 0 Å². The Hall–Kier alpha value is -2.36. The van der Waals surface area contributed by atoms with Gasteiger partial charge in [-0.3, -0.25) is 9.78 Å². The number of nitrogens with one attached hydrogen (secondary N) is 2. The topological polar surface area (TPSA) is 54.0 Å². The quantitative estimate of drug-likeness (QED) is 0.875. The third-order valence-electron chi connectivity index (χ3n) is 3.26. The second kappa shape index (κ2) is 6.88. The minimum absolute atomic E-state index is 0.124. The van der Waals surface area contributed by atoms with E-state index in [1.807, 2.05) is 31.2 Å². The lowest BCUT2D eigenvalue weighted by molar-refractivity contribution is 0.102. The molecule has 2 N–H and O–H groups in total. The van der Waals surface area contributed by atoms with Crippen LogP contribution in [-0.4, -0.2) is 17.4 Å². The first-order valence-electron chi connectivity index (χ1n) is 7.21. The van der Waals surface area contributed by atoms with E-state index in [1.54, 1.807) is 18.5 Å². The number of benzene rings is 1. The van der Waals surface area contributed by atoms with Gasteiger partial charge in [0, 0.05) is 18.4 Å². The van der Waals surface area contributed by atoms with Gasteiger partial charge < -0.3 is 10.6 Å². The van der Waals surface area contributed by atoms with E-state index < -0.39 is 0 Å². The minimum Gasteiger partial charge on any atom is -0.383 e. The van der Waals surface area contributed by atoms with E-state index >= 15 is 0 Å². The first-order chi connectivity index (χ1) is 10.1. The molecule has 1 aromatic carbocycles. The third kappa shape index (κ3) is 3.60. The summed E-state index contributed by atoms with van der Waals surface area (Å²) in [4.78, 5) is 16.6. The van der Waals surface area contributed by atoms with Crippen LogP contribution < -0.4 is 10.6 Å². The average molecular weight is 283 g/mol. The number of amides is 1. The maximum absolute atomic E-state index is 12.5. The Kier molecular flexibility index (Phi) is 4.93. The van der Waals surface area contributed by atoms with Crippen LogP contribution in [0.4, 0.5) is 11.4 Å². The molecule has 0 spiro atoms. The molecule has 0 aliphatic rings. The van der Waals surface area contributed by atoms with Gasteiger partial charge in [-0.25, -0.2) is 0 Å². The Morgan fingerprint density at radius 2 is 1.95 bits per heavy atom. The average Bonchev–Trinajstić information content (AvgIpc) is 2.48. The first-order valence-corrected chi connectivity index (χ1v) is 7.21. The van der Waals surface area contributed by atoms with E-state index in [-0.39, 0.29) is 5.91 Å². The molecule has 0 unspecified atom stereocenters. The van der Waals surface area contributed by atoms with Crippen LogP contribution in [0.25, 0.3) is 0 Å². The maximum atomic E-state index is 12.5. The molecule has 1 amide bonds. The number of carbonyl (C=O) groups excluding carboxylic acids is 1. The zero-order chi connectivity index (χ0) is 15.2. The maximum Gasteiger partial charge on any atom is 0.257 e. The van der Waals surface area contributed by atoms with Crippen LogP contribution in [0, 0.1) is 0 Å². The van der Waals surface area contributed by atoms with Gasteiger partial charge >= 0.3 is 0 Å².